The average Bonchev–Trinajstić information content (AvgIpc) is 2.83. The summed E-state index contributed by atoms with van der Waals surface area (Å²) in [5, 5.41) is 4.70. The summed E-state index contributed by atoms with van der Waals surface area (Å²) in [6.07, 6.45) is 3.29. The molecule has 7 nitrogen and oxygen atoms in total. The van der Waals surface area contributed by atoms with E-state index in [1.165, 1.54) is 0 Å². The van der Waals surface area contributed by atoms with Gasteiger partial charge in [-0.15, -0.1) is 5.10 Å². The minimum atomic E-state index is -0.288. The number of nitrogens with one attached hydrogen (secondary N) is 1. The van der Waals surface area contributed by atoms with Gasteiger partial charge in [-0.3, -0.25) is 9.78 Å². The van der Waals surface area contributed by atoms with Crippen molar-refractivity contribution in [2.24, 2.45) is 0 Å². The van der Waals surface area contributed by atoms with Gasteiger partial charge in [-0.1, -0.05) is 0 Å². The van der Waals surface area contributed by atoms with Crippen molar-refractivity contribution in [1.82, 2.24) is 24.7 Å². The second-order valence-corrected chi connectivity index (χ2v) is 5.32. The van der Waals surface area contributed by atoms with E-state index in [-0.39, 0.29) is 11.6 Å². The Morgan fingerprint density at radius 3 is 3.00 bits per heavy atom. The topological polar surface area (TPSA) is 85.7 Å². The number of pyridine rings is 1. The Bertz CT molecular complexity index is 871. The summed E-state index contributed by atoms with van der Waals surface area (Å²) in [6, 6.07) is 2.10. The maximum absolute atomic E-state index is 12.0. The van der Waals surface area contributed by atoms with Crippen LogP contribution in [0.1, 0.15) is 12.5 Å². The molecular formula is C13H12BrN5O2. The van der Waals surface area contributed by atoms with Crippen molar-refractivity contribution in [3.63, 3.8) is 0 Å². The molecule has 3 aromatic heterocycles. The minimum Gasteiger partial charge on any atom is -0.465 e. The van der Waals surface area contributed by atoms with Crippen molar-refractivity contribution in [2.45, 2.75) is 13.8 Å². The van der Waals surface area contributed by atoms with E-state index in [1.807, 2.05) is 19.9 Å². The van der Waals surface area contributed by atoms with Gasteiger partial charge in [-0.25, -0.2) is 9.67 Å². The third kappa shape index (κ3) is 2.54. The zero-order valence-corrected chi connectivity index (χ0v) is 13.0. The van der Waals surface area contributed by atoms with Crippen LogP contribution >= 0.6 is 15.9 Å². The van der Waals surface area contributed by atoms with Crippen LogP contribution in [0.2, 0.25) is 0 Å². The Morgan fingerprint density at radius 1 is 1.48 bits per heavy atom. The molecule has 21 heavy (non-hydrogen) atoms. The molecule has 0 aliphatic carbocycles. The van der Waals surface area contributed by atoms with Crippen LogP contribution in [0.25, 0.3) is 16.9 Å². The van der Waals surface area contributed by atoms with Crippen LogP contribution in [0.4, 0.5) is 0 Å². The SMILES string of the molecule is CCOc1nc2nn(-c3ncc(Br)cc3C)cc2c(=O)[nH]1. The number of H-pyrrole nitrogens is 1. The summed E-state index contributed by atoms with van der Waals surface area (Å²) < 4.78 is 7.64. The first kappa shape index (κ1) is 13.7. The molecular weight excluding hydrogens is 338 g/mol. The number of nitrogens with zero attached hydrogens (tertiary/aromatic N) is 4. The number of ether oxygens (including phenoxy) is 1. The maximum atomic E-state index is 12.0. The lowest BCUT2D eigenvalue weighted by Gasteiger charge is -2.03. The van der Waals surface area contributed by atoms with Gasteiger partial charge < -0.3 is 4.74 Å². The first-order valence-electron chi connectivity index (χ1n) is 6.33. The summed E-state index contributed by atoms with van der Waals surface area (Å²) in [6.45, 7) is 4.16. The molecule has 0 atom stereocenters. The molecule has 0 aliphatic rings. The lowest BCUT2D eigenvalue weighted by atomic mass is 10.3. The van der Waals surface area contributed by atoms with E-state index in [9.17, 15) is 4.79 Å². The Kier molecular flexibility index (Phi) is 3.46. The molecule has 0 unspecified atom stereocenters. The molecule has 0 aromatic carbocycles. The molecule has 0 bridgehead atoms. The number of fused-ring (bicyclic) bond motifs is 1. The molecule has 0 aliphatic heterocycles. The Hall–Kier alpha value is -2.22. The van der Waals surface area contributed by atoms with E-state index in [1.54, 1.807) is 17.1 Å². The standard InChI is InChI=1S/C13H12BrN5O2/c1-3-21-13-16-10-9(12(20)17-13)6-19(18-10)11-7(2)4-8(14)5-15-11/h4-6H,3H2,1-2H3,(H,16,17,18,20). The van der Waals surface area contributed by atoms with Crippen LogP contribution in [-0.2, 0) is 0 Å². The largest absolute Gasteiger partial charge is 0.465 e. The lowest BCUT2D eigenvalue weighted by molar-refractivity contribution is 0.313. The van der Waals surface area contributed by atoms with E-state index in [0.29, 0.717) is 23.5 Å². The summed E-state index contributed by atoms with van der Waals surface area (Å²) in [4.78, 5) is 23.1. The first-order valence-corrected chi connectivity index (χ1v) is 7.13. The second-order valence-electron chi connectivity index (χ2n) is 4.41. The van der Waals surface area contributed by atoms with E-state index in [0.717, 1.165) is 10.0 Å². The van der Waals surface area contributed by atoms with Crippen molar-refractivity contribution in [1.29, 1.82) is 0 Å². The van der Waals surface area contributed by atoms with Crippen molar-refractivity contribution in [2.75, 3.05) is 6.61 Å². The van der Waals surface area contributed by atoms with Gasteiger partial charge in [0.2, 0.25) is 0 Å². The molecule has 3 heterocycles. The van der Waals surface area contributed by atoms with Gasteiger partial charge in [0.25, 0.3) is 11.6 Å². The molecule has 1 N–H and O–H groups in total. The number of aromatic nitrogens is 5. The lowest BCUT2D eigenvalue weighted by Crippen LogP contribution is -2.09. The summed E-state index contributed by atoms with van der Waals surface area (Å²) in [5.41, 5.74) is 0.967. The molecule has 8 heteroatoms. The molecule has 0 amide bonds. The van der Waals surface area contributed by atoms with Gasteiger partial charge in [0.05, 0.1) is 6.61 Å². The maximum Gasteiger partial charge on any atom is 0.298 e. The van der Waals surface area contributed by atoms with Gasteiger partial charge >= 0.3 is 0 Å². The van der Waals surface area contributed by atoms with Gasteiger partial charge in [-0.2, -0.15) is 4.98 Å². The van der Waals surface area contributed by atoms with Gasteiger partial charge in [0.15, 0.2) is 11.5 Å². The molecule has 3 aromatic rings. The van der Waals surface area contributed by atoms with Gasteiger partial charge in [-0.05, 0) is 41.4 Å². The molecule has 0 saturated heterocycles. The molecule has 0 fully saturated rings. The van der Waals surface area contributed by atoms with Crippen LogP contribution in [0.15, 0.2) is 27.7 Å². The summed E-state index contributed by atoms with van der Waals surface area (Å²) >= 11 is 3.37. The highest BCUT2D eigenvalue weighted by Gasteiger charge is 2.12. The van der Waals surface area contributed by atoms with Crippen molar-refractivity contribution in [3.8, 4) is 11.8 Å². The van der Waals surface area contributed by atoms with E-state index < -0.39 is 0 Å². The molecule has 3 rings (SSSR count). The van der Waals surface area contributed by atoms with E-state index >= 15 is 0 Å². The molecule has 108 valence electrons. The predicted molar refractivity (Wildman–Crippen MR) is 80.9 cm³/mol. The van der Waals surface area contributed by atoms with Crippen LogP contribution in [0.5, 0.6) is 6.01 Å². The fraction of sp³-hybridized carbons (Fsp3) is 0.231. The Labute approximate surface area is 128 Å². The smallest absolute Gasteiger partial charge is 0.298 e. The number of rotatable bonds is 3. The monoisotopic (exact) mass is 349 g/mol. The fourth-order valence-corrected chi connectivity index (χ4v) is 2.43. The van der Waals surface area contributed by atoms with Crippen LogP contribution in [0, 0.1) is 6.92 Å². The zero-order chi connectivity index (χ0) is 15.0. The highest BCUT2D eigenvalue weighted by atomic mass is 79.9. The number of hydrogen-bond acceptors (Lipinski definition) is 5. The third-order valence-electron chi connectivity index (χ3n) is 2.88. The minimum absolute atomic E-state index is 0.167. The van der Waals surface area contributed by atoms with Crippen LogP contribution in [0.3, 0.4) is 0 Å². The predicted octanol–water partition coefficient (Wildman–Crippen LogP) is 1.97. The first-order chi connectivity index (χ1) is 10.1. The van der Waals surface area contributed by atoms with E-state index in [4.69, 9.17) is 4.74 Å². The molecule has 0 spiro atoms. The summed E-state index contributed by atoms with van der Waals surface area (Å²) in [7, 11) is 0. The number of halogens is 1. The second kappa shape index (κ2) is 5.28. The third-order valence-corrected chi connectivity index (χ3v) is 3.32. The van der Waals surface area contributed by atoms with Gasteiger partial charge in [0, 0.05) is 16.9 Å². The zero-order valence-electron chi connectivity index (χ0n) is 11.4. The molecule has 0 saturated carbocycles. The van der Waals surface area contributed by atoms with Crippen molar-refractivity contribution in [3.05, 3.63) is 38.9 Å². The average molecular weight is 350 g/mol. The van der Waals surface area contributed by atoms with Crippen LogP contribution in [-0.4, -0.2) is 31.3 Å². The number of aryl methyl sites for hydroxylation is 1. The molecule has 0 radical (unpaired) electrons. The normalized spacial score (nSPS) is 11.0. The van der Waals surface area contributed by atoms with Crippen molar-refractivity contribution >= 4 is 27.0 Å². The van der Waals surface area contributed by atoms with Crippen LogP contribution < -0.4 is 10.3 Å². The number of aromatic amines is 1. The Morgan fingerprint density at radius 2 is 2.29 bits per heavy atom. The van der Waals surface area contributed by atoms with E-state index in [2.05, 4.69) is 36.0 Å². The van der Waals surface area contributed by atoms with Gasteiger partial charge in [0.1, 0.15) is 5.39 Å². The quantitative estimate of drug-likeness (QED) is 0.781. The fourth-order valence-electron chi connectivity index (χ4n) is 1.98. The number of hydrogen-bond donors (Lipinski definition) is 1. The highest BCUT2D eigenvalue weighted by molar-refractivity contribution is 9.10. The highest BCUT2D eigenvalue weighted by Crippen LogP contribution is 2.17. The summed E-state index contributed by atoms with van der Waals surface area (Å²) in [5.74, 6) is 0.647. The van der Waals surface area contributed by atoms with Crippen molar-refractivity contribution < 1.29 is 4.74 Å². The Balaban J connectivity index is 2.16.